The first-order valence-corrected chi connectivity index (χ1v) is 2.97. The summed E-state index contributed by atoms with van der Waals surface area (Å²) < 4.78 is 0. The number of carboxylic acid groups (broad SMARTS) is 1. The summed E-state index contributed by atoms with van der Waals surface area (Å²) >= 11 is 0. The molecule has 4 nitrogen and oxygen atoms in total. The molecule has 1 aromatic rings. The van der Waals surface area contributed by atoms with Crippen molar-refractivity contribution in [2.45, 2.75) is 0 Å². The molecule has 0 aliphatic heterocycles. The summed E-state index contributed by atoms with van der Waals surface area (Å²) in [6.07, 6.45) is 0. The summed E-state index contributed by atoms with van der Waals surface area (Å²) in [6, 6.07) is 4.16. The van der Waals surface area contributed by atoms with Crippen LogP contribution >= 0.6 is 0 Å². The summed E-state index contributed by atoms with van der Waals surface area (Å²) in [4.78, 5) is 10.3. The third-order valence-corrected chi connectivity index (χ3v) is 1.30. The molecule has 0 spiro atoms. The van der Waals surface area contributed by atoms with Gasteiger partial charge >= 0.3 is 0 Å². The highest BCUT2D eigenvalue weighted by Crippen LogP contribution is 2.14. The summed E-state index contributed by atoms with van der Waals surface area (Å²) in [6.45, 7) is 0. The molecular weight excluding hydrogens is 144 g/mol. The average molecular weight is 151 g/mol. The van der Waals surface area contributed by atoms with Crippen LogP contribution in [0.2, 0.25) is 0 Å². The molecule has 1 aromatic carbocycles. The van der Waals surface area contributed by atoms with Gasteiger partial charge in [0.25, 0.3) is 0 Å². The lowest BCUT2D eigenvalue weighted by Gasteiger charge is -2.05. The topological polar surface area (TPSA) is 92.2 Å². The zero-order valence-electron chi connectivity index (χ0n) is 5.70. The van der Waals surface area contributed by atoms with Gasteiger partial charge in [0, 0.05) is 16.9 Å². The lowest BCUT2D eigenvalue weighted by atomic mass is 10.1. The summed E-state index contributed by atoms with van der Waals surface area (Å²) in [5.41, 5.74) is 11.2. The number of hydrogen-bond donors (Lipinski definition) is 2. The first-order valence-electron chi connectivity index (χ1n) is 2.97. The van der Waals surface area contributed by atoms with Gasteiger partial charge in [0.2, 0.25) is 0 Å². The van der Waals surface area contributed by atoms with E-state index >= 15 is 0 Å². The Bertz CT molecular complexity index is 296. The number of hydrogen-bond acceptors (Lipinski definition) is 4. The summed E-state index contributed by atoms with van der Waals surface area (Å²) in [5, 5.41) is 10.3. The summed E-state index contributed by atoms with van der Waals surface area (Å²) in [5.74, 6) is -1.29. The number of rotatable bonds is 1. The number of nitrogens with two attached hydrogens (primary N) is 2. The van der Waals surface area contributed by atoms with Crippen molar-refractivity contribution in [1.82, 2.24) is 0 Å². The molecule has 0 heterocycles. The third-order valence-electron chi connectivity index (χ3n) is 1.30. The highest BCUT2D eigenvalue weighted by molar-refractivity contribution is 5.92. The van der Waals surface area contributed by atoms with Crippen LogP contribution in [0.15, 0.2) is 18.2 Å². The minimum absolute atomic E-state index is 0.0285. The smallest absolute Gasteiger partial charge is 0.0736 e. The van der Waals surface area contributed by atoms with Gasteiger partial charge in [-0.25, -0.2) is 0 Å². The number of aromatic carboxylic acids is 1. The molecule has 11 heavy (non-hydrogen) atoms. The number of benzene rings is 1. The fourth-order valence-corrected chi connectivity index (χ4v) is 0.767. The standard InChI is InChI=1S/C7H8N2O2/c8-4-1-2-5(7(10)11)6(9)3-4/h1-3H,8-9H2,(H,10,11)/p-1. The van der Waals surface area contributed by atoms with Gasteiger partial charge in [-0.1, -0.05) is 0 Å². The minimum atomic E-state index is -1.29. The number of carbonyl (C=O) groups excluding carboxylic acids is 1. The van der Waals surface area contributed by atoms with Crippen molar-refractivity contribution in [1.29, 1.82) is 0 Å². The van der Waals surface area contributed by atoms with Crippen LogP contribution in [0.25, 0.3) is 0 Å². The van der Waals surface area contributed by atoms with E-state index in [1.807, 2.05) is 0 Å². The Morgan fingerprint density at radius 3 is 2.45 bits per heavy atom. The van der Waals surface area contributed by atoms with E-state index in [0.717, 1.165) is 0 Å². The molecule has 0 unspecified atom stereocenters. The summed E-state index contributed by atoms with van der Waals surface area (Å²) in [7, 11) is 0. The Kier molecular flexibility index (Phi) is 1.68. The lowest BCUT2D eigenvalue weighted by Crippen LogP contribution is -2.23. The van der Waals surface area contributed by atoms with E-state index in [9.17, 15) is 9.90 Å². The van der Waals surface area contributed by atoms with Crippen LogP contribution < -0.4 is 16.6 Å². The maximum Gasteiger partial charge on any atom is 0.0736 e. The zero-order chi connectivity index (χ0) is 8.43. The number of nitrogen functional groups attached to an aromatic ring is 2. The molecule has 0 amide bonds. The largest absolute Gasteiger partial charge is 0.545 e. The van der Waals surface area contributed by atoms with Crippen LogP contribution in [0.1, 0.15) is 10.4 Å². The van der Waals surface area contributed by atoms with Crippen LogP contribution in [0, 0.1) is 0 Å². The molecule has 0 bridgehead atoms. The Hall–Kier alpha value is -1.71. The van der Waals surface area contributed by atoms with E-state index in [0.29, 0.717) is 5.69 Å². The monoisotopic (exact) mass is 151 g/mol. The molecule has 0 fully saturated rings. The molecule has 0 aromatic heterocycles. The van der Waals surface area contributed by atoms with Crippen molar-refractivity contribution in [3.05, 3.63) is 23.8 Å². The highest BCUT2D eigenvalue weighted by Gasteiger charge is 1.98. The number of carboxylic acids is 1. The van der Waals surface area contributed by atoms with Gasteiger partial charge in [0.15, 0.2) is 0 Å². The Balaban J connectivity index is 3.20. The van der Waals surface area contributed by atoms with E-state index in [4.69, 9.17) is 11.5 Å². The van der Waals surface area contributed by atoms with Gasteiger partial charge in [0.05, 0.1) is 5.97 Å². The second-order valence-corrected chi connectivity index (χ2v) is 2.13. The van der Waals surface area contributed by atoms with E-state index in [1.165, 1.54) is 18.2 Å². The van der Waals surface area contributed by atoms with Crippen molar-refractivity contribution in [2.24, 2.45) is 0 Å². The molecule has 4 N–H and O–H groups in total. The van der Waals surface area contributed by atoms with Gasteiger partial charge in [-0.05, 0) is 18.2 Å². The average Bonchev–Trinajstić information content (AvgIpc) is 1.85. The predicted octanol–water partition coefficient (Wildman–Crippen LogP) is -0.785. The molecule has 0 atom stereocenters. The van der Waals surface area contributed by atoms with Crippen LogP contribution in [-0.2, 0) is 0 Å². The first kappa shape index (κ1) is 7.40. The second-order valence-electron chi connectivity index (χ2n) is 2.13. The normalized spacial score (nSPS) is 9.45. The highest BCUT2D eigenvalue weighted by atomic mass is 16.4. The predicted molar refractivity (Wildman–Crippen MR) is 39.6 cm³/mol. The molecule has 0 saturated carbocycles. The van der Waals surface area contributed by atoms with Crippen molar-refractivity contribution in [2.75, 3.05) is 11.5 Å². The maximum absolute atomic E-state index is 10.3. The fraction of sp³-hybridized carbons (Fsp3) is 0. The van der Waals surface area contributed by atoms with E-state index in [-0.39, 0.29) is 11.3 Å². The maximum atomic E-state index is 10.3. The zero-order valence-corrected chi connectivity index (χ0v) is 5.70. The van der Waals surface area contributed by atoms with Gasteiger partial charge in [-0.15, -0.1) is 0 Å². The Labute approximate surface area is 63.4 Å². The Morgan fingerprint density at radius 1 is 1.36 bits per heavy atom. The number of carbonyl (C=O) groups is 1. The van der Waals surface area contributed by atoms with Gasteiger partial charge < -0.3 is 21.4 Å². The molecule has 58 valence electrons. The van der Waals surface area contributed by atoms with Crippen LogP contribution in [0.5, 0.6) is 0 Å². The molecule has 4 heteroatoms. The molecule has 0 aliphatic rings. The third kappa shape index (κ3) is 1.40. The van der Waals surface area contributed by atoms with E-state index in [1.54, 1.807) is 0 Å². The van der Waals surface area contributed by atoms with Gasteiger partial charge in [-0.3, -0.25) is 0 Å². The lowest BCUT2D eigenvalue weighted by molar-refractivity contribution is -0.254. The van der Waals surface area contributed by atoms with Crippen molar-refractivity contribution < 1.29 is 9.90 Å². The molecule has 0 saturated heterocycles. The molecule has 1 rings (SSSR count). The quantitative estimate of drug-likeness (QED) is 0.514. The second kappa shape index (κ2) is 2.49. The van der Waals surface area contributed by atoms with Crippen molar-refractivity contribution in [3.8, 4) is 0 Å². The minimum Gasteiger partial charge on any atom is -0.545 e. The van der Waals surface area contributed by atoms with Crippen molar-refractivity contribution >= 4 is 17.3 Å². The molecular formula is C7H7N2O2-. The van der Waals surface area contributed by atoms with Crippen LogP contribution in [0.3, 0.4) is 0 Å². The number of anilines is 2. The fourth-order valence-electron chi connectivity index (χ4n) is 0.767. The van der Waals surface area contributed by atoms with Crippen LogP contribution in [-0.4, -0.2) is 5.97 Å². The van der Waals surface area contributed by atoms with Gasteiger partial charge in [-0.2, -0.15) is 0 Å². The van der Waals surface area contributed by atoms with E-state index in [2.05, 4.69) is 0 Å². The van der Waals surface area contributed by atoms with E-state index < -0.39 is 5.97 Å². The van der Waals surface area contributed by atoms with Crippen molar-refractivity contribution in [3.63, 3.8) is 0 Å². The van der Waals surface area contributed by atoms with Crippen LogP contribution in [0.4, 0.5) is 11.4 Å². The van der Waals surface area contributed by atoms with Gasteiger partial charge in [0.1, 0.15) is 0 Å². The first-order chi connectivity index (χ1) is 5.11. The molecule has 0 radical (unpaired) electrons. The SMILES string of the molecule is Nc1ccc(C(=O)[O-])c(N)c1. The Morgan fingerprint density at radius 2 is 2.00 bits per heavy atom. The molecule has 0 aliphatic carbocycles.